The predicted molar refractivity (Wildman–Crippen MR) is 63.4 cm³/mol. The van der Waals surface area contributed by atoms with Crippen molar-refractivity contribution in [3.05, 3.63) is 12.7 Å². The molecule has 0 unspecified atom stereocenters. The second kappa shape index (κ2) is 4.38. The quantitative estimate of drug-likeness (QED) is 0.461. The fraction of sp³-hybridized carbons (Fsp3) is 0.500. The Hall–Kier alpha value is -1.81. The second-order valence-corrected chi connectivity index (χ2v) is 4.42. The molecule has 7 N–H and O–H groups in total. The number of nitrogen functional groups attached to an aromatic ring is 1. The summed E-state index contributed by atoms with van der Waals surface area (Å²) in [5.41, 5.74) is 10.3. The van der Waals surface area contributed by atoms with Gasteiger partial charge in [0.1, 0.15) is 36.7 Å². The molecule has 3 heterocycles. The third-order valence-electron chi connectivity index (χ3n) is 3.28. The molecule has 19 heavy (non-hydrogen) atoms. The number of hydrogen-bond donors (Lipinski definition) is 4. The van der Waals surface area contributed by atoms with E-state index in [1.165, 1.54) is 17.2 Å². The van der Waals surface area contributed by atoms with Gasteiger partial charge in [-0.1, -0.05) is 0 Å². The lowest BCUT2D eigenvalue weighted by Gasteiger charge is -2.16. The van der Waals surface area contributed by atoms with E-state index in [-0.39, 0.29) is 5.82 Å². The van der Waals surface area contributed by atoms with Crippen molar-refractivity contribution in [2.24, 2.45) is 0 Å². The Morgan fingerprint density at radius 1 is 1.32 bits per heavy atom. The number of fused-ring (bicyclic) bond motifs is 1. The van der Waals surface area contributed by atoms with Crippen molar-refractivity contribution in [3.8, 4) is 0 Å². The standard InChI is InChI=1S/C10H14N6O3/c11-1-4-6(17)7(18)10(19-4)16-3-15-5-8(12)13-2-14-9(5)16/h2-4,6-7,10,17-18H,1,11H2,(H2,12,13,14)/p+1/t4-,6-,7-,10-/m1/s1. The maximum Gasteiger partial charge on any atom is 0.167 e. The number of nitrogens with two attached hydrogens (primary N) is 1. The predicted octanol–water partition coefficient (Wildman–Crippen LogP) is -2.73. The molecule has 1 fully saturated rings. The van der Waals surface area contributed by atoms with Crippen LogP contribution >= 0.6 is 0 Å². The number of anilines is 1. The van der Waals surface area contributed by atoms with Gasteiger partial charge in [0.05, 0.1) is 6.33 Å². The minimum atomic E-state index is -1.07. The van der Waals surface area contributed by atoms with Crippen molar-refractivity contribution in [2.45, 2.75) is 24.5 Å². The van der Waals surface area contributed by atoms with Crippen LogP contribution < -0.4 is 11.5 Å². The molecule has 0 bridgehead atoms. The number of aliphatic hydroxyl groups is 2. The first-order chi connectivity index (χ1) is 9.13. The summed E-state index contributed by atoms with van der Waals surface area (Å²) < 4.78 is 7.13. The van der Waals surface area contributed by atoms with Crippen molar-refractivity contribution in [1.82, 2.24) is 19.5 Å². The molecule has 2 aromatic heterocycles. The molecule has 0 aliphatic carbocycles. The number of nitrogens with zero attached hydrogens (tertiary/aromatic N) is 4. The van der Waals surface area contributed by atoms with Crippen LogP contribution in [0.4, 0.5) is 5.82 Å². The monoisotopic (exact) mass is 267 g/mol. The van der Waals surface area contributed by atoms with E-state index in [0.717, 1.165) is 0 Å². The van der Waals surface area contributed by atoms with Gasteiger partial charge in [0.25, 0.3) is 0 Å². The molecule has 1 aliphatic rings. The van der Waals surface area contributed by atoms with Gasteiger partial charge in [-0.3, -0.25) is 4.57 Å². The molecular formula is C10H15N6O3+. The molecule has 0 aromatic carbocycles. The normalized spacial score (nSPS) is 31.1. The van der Waals surface area contributed by atoms with E-state index in [1.807, 2.05) is 0 Å². The van der Waals surface area contributed by atoms with E-state index in [2.05, 4.69) is 20.7 Å². The molecule has 9 nitrogen and oxygen atoms in total. The fourth-order valence-corrected chi connectivity index (χ4v) is 2.25. The lowest BCUT2D eigenvalue weighted by Crippen LogP contribution is -2.58. The molecule has 2 aromatic rings. The van der Waals surface area contributed by atoms with Crippen molar-refractivity contribution in [1.29, 1.82) is 0 Å². The molecule has 1 aliphatic heterocycles. The van der Waals surface area contributed by atoms with E-state index in [0.29, 0.717) is 17.7 Å². The number of ether oxygens (including phenoxy) is 1. The molecule has 0 amide bonds. The van der Waals surface area contributed by atoms with Crippen molar-refractivity contribution in [2.75, 3.05) is 12.3 Å². The molecular weight excluding hydrogens is 252 g/mol. The maximum atomic E-state index is 10.0. The Kier molecular flexibility index (Phi) is 2.82. The zero-order valence-electron chi connectivity index (χ0n) is 10.0. The number of quaternary nitrogens is 1. The van der Waals surface area contributed by atoms with Crippen LogP contribution in [0.1, 0.15) is 6.23 Å². The summed E-state index contributed by atoms with van der Waals surface area (Å²) in [6.07, 6.45) is -0.564. The highest BCUT2D eigenvalue weighted by Gasteiger charge is 2.44. The molecule has 9 heteroatoms. The van der Waals surface area contributed by atoms with E-state index < -0.39 is 24.5 Å². The summed E-state index contributed by atoms with van der Waals surface area (Å²) in [4.78, 5) is 12.0. The van der Waals surface area contributed by atoms with Crippen LogP contribution in [0.25, 0.3) is 11.2 Å². The Morgan fingerprint density at radius 2 is 2.11 bits per heavy atom. The Morgan fingerprint density at radius 3 is 2.79 bits per heavy atom. The van der Waals surface area contributed by atoms with Gasteiger partial charge in [0.2, 0.25) is 0 Å². The average molecular weight is 267 g/mol. The van der Waals surface area contributed by atoms with Gasteiger partial charge in [-0.05, 0) is 0 Å². The van der Waals surface area contributed by atoms with Crippen LogP contribution in [0.3, 0.4) is 0 Å². The SMILES string of the molecule is Nc1ncnc2c1ncn2[C@@H]1O[C@H](C[NH3+])[C@@H](O)[C@H]1O. The van der Waals surface area contributed by atoms with Gasteiger partial charge >= 0.3 is 0 Å². The summed E-state index contributed by atoms with van der Waals surface area (Å²) in [6, 6.07) is 0. The van der Waals surface area contributed by atoms with E-state index >= 15 is 0 Å². The first-order valence-corrected chi connectivity index (χ1v) is 5.87. The Labute approximate surface area is 107 Å². The summed E-state index contributed by atoms with van der Waals surface area (Å²) in [7, 11) is 0. The summed E-state index contributed by atoms with van der Waals surface area (Å²) >= 11 is 0. The molecule has 4 atom stereocenters. The first kappa shape index (κ1) is 12.2. The lowest BCUT2D eigenvalue weighted by molar-refractivity contribution is -0.389. The number of aliphatic hydroxyl groups excluding tert-OH is 2. The molecule has 1 saturated heterocycles. The molecule has 3 rings (SSSR count). The van der Waals surface area contributed by atoms with Crippen LogP contribution in [0.5, 0.6) is 0 Å². The van der Waals surface area contributed by atoms with E-state index in [9.17, 15) is 10.2 Å². The highest BCUT2D eigenvalue weighted by atomic mass is 16.6. The highest BCUT2D eigenvalue weighted by molar-refractivity contribution is 5.81. The number of imidazole rings is 1. The van der Waals surface area contributed by atoms with Gasteiger partial charge in [0, 0.05) is 0 Å². The van der Waals surface area contributed by atoms with Gasteiger partial charge in [0.15, 0.2) is 17.7 Å². The fourth-order valence-electron chi connectivity index (χ4n) is 2.25. The first-order valence-electron chi connectivity index (χ1n) is 5.87. The third-order valence-corrected chi connectivity index (χ3v) is 3.28. The van der Waals surface area contributed by atoms with Crippen LogP contribution in [0.2, 0.25) is 0 Å². The molecule has 0 radical (unpaired) electrons. The summed E-state index contributed by atoms with van der Waals surface area (Å²) in [5, 5.41) is 19.9. The van der Waals surface area contributed by atoms with Crippen LogP contribution in [0, 0.1) is 0 Å². The zero-order valence-corrected chi connectivity index (χ0v) is 10.0. The van der Waals surface area contributed by atoms with Crippen molar-refractivity contribution in [3.63, 3.8) is 0 Å². The zero-order chi connectivity index (χ0) is 13.6. The largest absolute Gasteiger partial charge is 0.387 e. The average Bonchev–Trinajstić information content (AvgIpc) is 2.94. The van der Waals surface area contributed by atoms with Gasteiger partial charge in [-0.2, -0.15) is 0 Å². The minimum absolute atomic E-state index is 0.255. The van der Waals surface area contributed by atoms with Crippen LogP contribution in [-0.4, -0.2) is 54.6 Å². The maximum absolute atomic E-state index is 10.0. The minimum Gasteiger partial charge on any atom is -0.387 e. The van der Waals surface area contributed by atoms with Crippen molar-refractivity contribution < 1.29 is 20.7 Å². The number of rotatable bonds is 2. The van der Waals surface area contributed by atoms with E-state index in [4.69, 9.17) is 10.5 Å². The number of aromatic nitrogens is 4. The lowest BCUT2D eigenvalue weighted by atomic mass is 10.1. The highest BCUT2D eigenvalue weighted by Crippen LogP contribution is 2.31. The smallest absolute Gasteiger partial charge is 0.167 e. The van der Waals surface area contributed by atoms with Crippen LogP contribution in [0.15, 0.2) is 12.7 Å². The molecule has 0 spiro atoms. The summed E-state index contributed by atoms with van der Waals surface area (Å²) in [5.74, 6) is 0.255. The third kappa shape index (κ3) is 1.75. The van der Waals surface area contributed by atoms with Gasteiger partial charge in [-0.25, -0.2) is 15.0 Å². The Bertz CT molecular complexity index is 602. The van der Waals surface area contributed by atoms with Crippen molar-refractivity contribution >= 4 is 17.0 Å². The summed E-state index contributed by atoms with van der Waals surface area (Å²) in [6.45, 7) is 0.360. The van der Waals surface area contributed by atoms with Gasteiger partial charge in [-0.15, -0.1) is 0 Å². The molecule has 102 valence electrons. The molecule has 0 saturated carbocycles. The Balaban J connectivity index is 2.04. The van der Waals surface area contributed by atoms with E-state index in [1.54, 1.807) is 0 Å². The number of hydrogen-bond acceptors (Lipinski definition) is 7. The van der Waals surface area contributed by atoms with Gasteiger partial charge < -0.3 is 26.4 Å². The van der Waals surface area contributed by atoms with Crippen LogP contribution in [-0.2, 0) is 4.74 Å². The topological polar surface area (TPSA) is 147 Å². The second-order valence-electron chi connectivity index (χ2n) is 4.42.